The third-order valence-electron chi connectivity index (χ3n) is 8.67. The van der Waals surface area contributed by atoms with E-state index in [2.05, 4.69) is 20.1 Å². The molecule has 3 saturated heterocycles. The van der Waals surface area contributed by atoms with Gasteiger partial charge in [0.15, 0.2) is 0 Å². The average Bonchev–Trinajstić information content (AvgIpc) is 3.59. The summed E-state index contributed by atoms with van der Waals surface area (Å²) >= 11 is 1.67. The Labute approximate surface area is 237 Å². The first-order valence-corrected chi connectivity index (χ1v) is 15.3. The van der Waals surface area contributed by atoms with Crippen molar-refractivity contribution >= 4 is 35.2 Å². The van der Waals surface area contributed by atoms with Crippen LogP contribution in [0, 0.1) is 11.8 Å². The number of aliphatic hydroxyl groups excluding tert-OH is 1. The molecule has 6 atom stereocenters. The summed E-state index contributed by atoms with van der Waals surface area (Å²) in [6.07, 6.45) is 8.42. The molecular weight excluding hydrogens is 510 g/mol. The molecule has 2 unspecified atom stereocenters. The fourth-order valence-corrected chi connectivity index (χ4v) is 9.06. The van der Waals surface area contributed by atoms with E-state index in [1.165, 1.54) is 0 Å². The van der Waals surface area contributed by atoms with Gasteiger partial charge in [-0.3, -0.25) is 14.4 Å². The van der Waals surface area contributed by atoms with Crippen LogP contribution in [0.15, 0.2) is 55.6 Å². The Morgan fingerprint density at radius 1 is 1.15 bits per heavy atom. The van der Waals surface area contributed by atoms with Crippen molar-refractivity contribution in [2.24, 2.45) is 11.8 Å². The van der Waals surface area contributed by atoms with Crippen LogP contribution in [0.4, 0.5) is 5.69 Å². The highest BCUT2D eigenvalue weighted by atomic mass is 32.2. The number of carbonyl (C=O) groups excluding carboxylic acids is 3. The van der Waals surface area contributed by atoms with E-state index in [1.807, 2.05) is 42.2 Å². The number of para-hydroxylation sites is 1. The highest BCUT2D eigenvalue weighted by Gasteiger charge is 2.74. The Kier molecular flexibility index (Phi) is 9.60. The number of likely N-dealkylation sites (tertiary alicyclic amines) is 1. The molecular formula is C31H43N3O4S. The molecule has 0 saturated carbocycles. The molecule has 212 valence electrons. The van der Waals surface area contributed by atoms with E-state index in [4.69, 9.17) is 0 Å². The van der Waals surface area contributed by atoms with Crippen LogP contribution in [-0.2, 0) is 14.4 Å². The van der Waals surface area contributed by atoms with Crippen molar-refractivity contribution in [2.75, 3.05) is 31.1 Å². The summed E-state index contributed by atoms with van der Waals surface area (Å²) in [5.74, 6) is -1.46. The molecule has 39 heavy (non-hydrogen) atoms. The lowest BCUT2D eigenvalue weighted by atomic mass is 9.70. The number of rotatable bonds is 14. The zero-order chi connectivity index (χ0) is 28.2. The molecule has 3 fully saturated rings. The van der Waals surface area contributed by atoms with Crippen LogP contribution < -0.4 is 4.90 Å². The summed E-state index contributed by atoms with van der Waals surface area (Å²) in [5, 5.41) is 10.3. The van der Waals surface area contributed by atoms with Crippen LogP contribution in [0.2, 0.25) is 0 Å². The van der Waals surface area contributed by atoms with Crippen LogP contribution in [-0.4, -0.2) is 80.9 Å². The number of hydrogen-bond acceptors (Lipinski definition) is 5. The molecule has 3 amide bonds. The first-order chi connectivity index (χ1) is 18.9. The van der Waals surface area contributed by atoms with Crippen LogP contribution in [0.3, 0.4) is 0 Å². The lowest BCUT2D eigenvalue weighted by Gasteiger charge is -2.39. The van der Waals surface area contributed by atoms with Gasteiger partial charge in [-0.25, -0.2) is 0 Å². The van der Waals surface area contributed by atoms with Crippen molar-refractivity contribution in [3.05, 3.63) is 55.6 Å². The molecule has 0 radical (unpaired) electrons. The van der Waals surface area contributed by atoms with Gasteiger partial charge in [-0.15, -0.1) is 24.9 Å². The Hall–Kier alpha value is -2.58. The van der Waals surface area contributed by atoms with Crippen molar-refractivity contribution in [3.63, 3.8) is 0 Å². The summed E-state index contributed by atoms with van der Waals surface area (Å²) in [6, 6.07) is 8.32. The quantitative estimate of drug-likeness (QED) is 0.275. The molecule has 0 aromatic heterocycles. The summed E-state index contributed by atoms with van der Waals surface area (Å²) in [4.78, 5) is 48.2. The van der Waals surface area contributed by atoms with Gasteiger partial charge in [-0.05, 0) is 37.8 Å². The Morgan fingerprint density at radius 2 is 1.87 bits per heavy atom. The van der Waals surface area contributed by atoms with Crippen LogP contribution in [0.5, 0.6) is 0 Å². The fraction of sp³-hybridized carbons (Fsp3) is 0.581. The van der Waals surface area contributed by atoms with Crippen molar-refractivity contribution in [1.82, 2.24) is 9.80 Å². The van der Waals surface area contributed by atoms with Gasteiger partial charge in [0, 0.05) is 30.6 Å². The molecule has 8 heteroatoms. The highest BCUT2D eigenvalue weighted by Crippen LogP contribution is 2.67. The lowest BCUT2D eigenvalue weighted by Crippen LogP contribution is -2.57. The van der Waals surface area contributed by atoms with E-state index in [9.17, 15) is 19.5 Å². The molecule has 1 N–H and O–H groups in total. The molecule has 3 aliphatic rings. The maximum Gasteiger partial charge on any atom is 0.247 e. The SMILES string of the molecule is C=CCN(CCCCC)C(=O)C1N([C@@H](CC)CO)C(=O)[C@@H]2[C@H](C(=O)N(CC=C)c3ccccc3)[C@@H]3CCC12S3. The van der Waals surface area contributed by atoms with Gasteiger partial charge in [-0.1, -0.05) is 57.0 Å². The number of unbranched alkanes of at least 4 members (excludes halogenated alkanes) is 2. The van der Waals surface area contributed by atoms with Gasteiger partial charge in [0.25, 0.3) is 0 Å². The summed E-state index contributed by atoms with van der Waals surface area (Å²) in [5.41, 5.74) is 0.772. The first-order valence-electron chi connectivity index (χ1n) is 14.4. The smallest absolute Gasteiger partial charge is 0.247 e. The average molecular weight is 554 g/mol. The van der Waals surface area contributed by atoms with Gasteiger partial charge in [0.05, 0.1) is 29.2 Å². The van der Waals surface area contributed by atoms with Gasteiger partial charge in [-0.2, -0.15) is 0 Å². The molecule has 3 heterocycles. The largest absolute Gasteiger partial charge is 0.394 e. The molecule has 1 spiro atoms. The molecule has 4 rings (SSSR count). The number of aliphatic hydroxyl groups is 1. The van der Waals surface area contributed by atoms with E-state index in [1.54, 1.807) is 33.7 Å². The molecule has 7 nitrogen and oxygen atoms in total. The minimum absolute atomic E-state index is 0.0259. The van der Waals surface area contributed by atoms with Crippen molar-refractivity contribution in [3.8, 4) is 0 Å². The van der Waals surface area contributed by atoms with Crippen molar-refractivity contribution in [2.45, 2.75) is 74.5 Å². The third kappa shape index (κ3) is 5.18. The maximum absolute atomic E-state index is 14.4. The fourth-order valence-electron chi connectivity index (χ4n) is 6.87. The van der Waals surface area contributed by atoms with E-state index in [-0.39, 0.29) is 29.6 Å². The van der Waals surface area contributed by atoms with Crippen LogP contribution in [0.25, 0.3) is 0 Å². The Bertz CT molecular complexity index is 1060. The number of hydrogen-bond donors (Lipinski definition) is 1. The predicted octanol–water partition coefficient (Wildman–Crippen LogP) is 4.27. The van der Waals surface area contributed by atoms with Crippen molar-refractivity contribution < 1.29 is 19.5 Å². The highest BCUT2D eigenvalue weighted by molar-refractivity contribution is 8.02. The normalized spacial score (nSPS) is 27.8. The van der Waals surface area contributed by atoms with Crippen LogP contribution >= 0.6 is 11.8 Å². The second kappa shape index (κ2) is 12.7. The van der Waals surface area contributed by atoms with Gasteiger partial charge >= 0.3 is 0 Å². The van der Waals surface area contributed by atoms with Gasteiger partial charge < -0.3 is 19.8 Å². The first kappa shape index (κ1) is 29.4. The molecule has 0 aliphatic carbocycles. The summed E-state index contributed by atoms with van der Waals surface area (Å²) < 4.78 is -0.678. The topological polar surface area (TPSA) is 81.2 Å². The van der Waals surface area contributed by atoms with Gasteiger partial charge in [0.2, 0.25) is 17.7 Å². The monoisotopic (exact) mass is 553 g/mol. The minimum atomic E-state index is -0.703. The zero-order valence-electron chi connectivity index (χ0n) is 23.3. The second-order valence-corrected chi connectivity index (χ2v) is 12.5. The maximum atomic E-state index is 14.4. The second-order valence-electron chi connectivity index (χ2n) is 10.9. The number of fused-ring (bicyclic) bond motifs is 1. The van der Waals surface area contributed by atoms with E-state index >= 15 is 0 Å². The third-order valence-corrected chi connectivity index (χ3v) is 10.6. The number of thioether (sulfide) groups is 1. The van der Waals surface area contributed by atoms with E-state index in [0.717, 1.165) is 31.4 Å². The summed E-state index contributed by atoms with van der Waals surface area (Å²) in [7, 11) is 0. The molecule has 1 aromatic carbocycles. The van der Waals surface area contributed by atoms with Crippen LogP contribution in [0.1, 0.15) is 52.4 Å². The van der Waals surface area contributed by atoms with Gasteiger partial charge in [0.1, 0.15) is 6.04 Å². The number of benzene rings is 1. The van der Waals surface area contributed by atoms with E-state index < -0.39 is 28.7 Å². The Balaban J connectivity index is 1.74. The number of carbonyl (C=O) groups is 3. The Morgan fingerprint density at radius 3 is 2.49 bits per heavy atom. The molecule has 1 aromatic rings. The lowest BCUT2D eigenvalue weighted by molar-refractivity contribution is -0.145. The standard InChI is InChI=1S/C31H43N3O4S/c1-5-9-13-20-32(18-6-2)30(38)27-31-17-16-24(39-31)25(26(31)29(37)34(27)22(8-4)21-35)28(36)33(19-7-3)23-14-11-10-12-15-23/h6-7,10-12,14-15,22,24-27,35H,2-3,5,8-9,13,16-21H2,1,4H3/t22-,24-,25+,26-,27?,31?/m0/s1. The van der Waals surface area contributed by atoms with Crippen molar-refractivity contribution in [1.29, 1.82) is 0 Å². The molecule has 3 aliphatic heterocycles. The number of amides is 3. The number of anilines is 1. The minimum Gasteiger partial charge on any atom is -0.394 e. The molecule has 2 bridgehead atoms. The zero-order valence-corrected chi connectivity index (χ0v) is 24.2. The summed E-state index contributed by atoms with van der Waals surface area (Å²) in [6.45, 7) is 12.9. The number of nitrogens with zero attached hydrogens (tertiary/aromatic N) is 3. The van der Waals surface area contributed by atoms with E-state index in [0.29, 0.717) is 32.5 Å². The predicted molar refractivity (Wildman–Crippen MR) is 157 cm³/mol.